The number of halogens is 1. The Hall–Kier alpha value is -1.33. The van der Waals surface area contributed by atoms with Gasteiger partial charge in [0.2, 0.25) is 0 Å². The Morgan fingerprint density at radius 2 is 1.89 bits per heavy atom. The molecule has 2 heterocycles. The van der Waals surface area contributed by atoms with E-state index in [4.69, 9.17) is 5.73 Å². The fraction of sp³-hybridized carbons (Fsp3) is 0.500. The first-order chi connectivity index (χ1) is 8.08. The number of likely N-dealkylation sites (N-methyl/N-ethyl adjacent to an activating group) is 1. The summed E-state index contributed by atoms with van der Waals surface area (Å²) in [6.07, 6.45) is 0. The zero-order chi connectivity index (χ0) is 12.4. The summed E-state index contributed by atoms with van der Waals surface area (Å²) in [6.45, 7) is 5.84. The molecule has 0 aliphatic carbocycles. The van der Waals surface area contributed by atoms with Crippen LogP contribution in [0.3, 0.4) is 0 Å². The Balaban J connectivity index is 0.00000162. The minimum absolute atomic E-state index is 0. The van der Waals surface area contributed by atoms with Crippen LogP contribution in [0.1, 0.15) is 16.1 Å². The van der Waals surface area contributed by atoms with Crippen molar-refractivity contribution in [1.29, 1.82) is 0 Å². The molecule has 1 saturated heterocycles. The second-order valence-electron chi connectivity index (χ2n) is 4.46. The van der Waals surface area contributed by atoms with Gasteiger partial charge in [0, 0.05) is 26.2 Å². The number of nitrogens with two attached hydrogens (primary N) is 1. The van der Waals surface area contributed by atoms with E-state index < -0.39 is 5.91 Å². The second-order valence-corrected chi connectivity index (χ2v) is 4.46. The van der Waals surface area contributed by atoms with E-state index in [2.05, 4.69) is 21.8 Å². The van der Waals surface area contributed by atoms with E-state index in [9.17, 15) is 4.79 Å². The third-order valence-corrected chi connectivity index (χ3v) is 3.16. The van der Waals surface area contributed by atoms with Gasteiger partial charge in [0.05, 0.1) is 11.3 Å². The van der Waals surface area contributed by atoms with Crippen LogP contribution >= 0.6 is 12.4 Å². The van der Waals surface area contributed by atoms with Crippen molar-refractivity contribution in [2.75, 3.05) is 38.1 Å². The molecule has 1 amide bonds. The number of aryl methyl sites for hydroxylation is 1. The van der Waals surface area contributed by atoms with E-state index in [0.717, 1.165) is 32.0 Å². The SMILES string of the molecule is Cc1nc(N2CCN(C)CC2)ccc1C(N)=O.Cl. The molecule has 1 fully saturated rings. The van der Waals surface area contributed by atoms with Gasteiger partial charge < -0.3 is 15.5 Å². The monoisotopic (exact) mass is 270 g/mol. The van der Waals surface area contributed by atoms with Crippen LogP contribution in [-0.4, -0.2) is 49.0 Å². The van der Waals surface area contributed by atoms with Gasteiger partial charge in [-0.1, -0.05) is 0 Å². The average molecular weight is 271 g/mol. The molecule has 100 valence electrons. The molecule has 0 radical (unpaired) electrons. The van der Waals surface area contributed by atoms with E-state index in [0.29, 0.717) is 11.3 Å². The molecule has 0 spiro atoms. The Kier molecular flexibility index (Phi) is 4.93. The van der Waals surface area contributed by atoms with Crippen LogP contribution in [0.2, 0.25) is 0 Å². The summed E-state index contributed by atoms with van der Waals surface area (Å²) in [5.74, 6) is 0.514. The molecule has 0 saturated carbocycles. The highest BCUT2D eigenvalue weighted by Crippen LogP contribution is 2.16. The molecule has 1 aliphatic rings. The molecule has 0 bridgehead atoms. The van der Waals surface area contributed by atoms with Crippen LogP contribution in [0.15, 0.2) is 12.1 Å². The normalized spacial score (nSPS) is 16.2. The summed E-state index contributed by atoms with van der Waals surface area (Å²) in [4.78, 5) is 20.1. The van der Waals surface area contributed by atoms with E-state index >= 15 is 0 Å². The smallest absolute Gasteiger partial charge is 0.250 e. The molecule has 2 N–H and O–H groups in total. The minimum atomic E-state index is -0.417. The molecule has 1 aromatic heterocycles. The fourth-order valence-corrected chi connectivity index (χ4v) is 2.02. The van der Waals surface area contributed by atoms with Gasteiger partial charge in [-0.05, 0) is 26.1 Å². The van der Waals surface area contributed by atoms with Crippen molar-refractivity contribution < 1.29 is 4.79 Å². The van der Waals surface area contributed by atoms with Crippen LogP contribution in [0.5, 0.6) is 0 Å². The molecule has 0 unspecified atom stereocenters. The van der Waals surface area contributed by atoms with Gasteiger partial charge in [-0.25, -0.2) is 4.98 Å². The number of hydrogen-bond donors (Lipinski definition) is 1. The molecule has 1 aromatic rings. The number of rotatable bonds is 2. The quantitative estimate of drug-likeness (QED) is 0.858. The average Bonchev–Trinajstić information content (AvgIpc) is 2.29. The van der Waals surface area contributed by atoms with Gasteiger partial charge >= 0.3 is 0 Å². The summed E-state index contributed by atoms with van der Waals surface area (Å²) >= 11 is 0. The zero-order valence-electron chi connectivity index (χ0n) is 10.7. The van der Waals surface area contributed by atoms with E-state index in [1.165, 1.54) is 0 Å². The van der Waals surface area contributed by atoms with E-state index in [1.807, 2.05) is 13.0 Å². The summed E-state index contributed by atoms with van der Waals surface area (Å²) < 4.78 is 0. The molecular formula is C12H19ClN4O. The summed E-state index contributed by atoms with van der Waals surface area (Å²) in [7, 11) is 2.12. The van der Waals surface area contributed by atoms with Gasteiger partial charge in [-0.2, -0.15) is 0 Å². The van der Waals surface area contributed by atoms with Crippen LogP contribution < -0.4 is 10.6 Å². The summed E-state index contributed by atoms with van der Waals surface area (Å²) in [5, 5.41) is 0. The molecule has 2 rings (SSSR count). The number of hydrogen-bond acceptors (Lipinski definition) is 4. The third kappa shape index (κ3) is 3.11. The maximum Gasteiger partial charge on any atom is 0.250 e. The molecule has 5 nitrogen and oxygen atoms in total. The Labute approximate surface area is 113 Å². The third-order valence-electron chi connectivity index (χ3n) is 3.16. The van der Waals surface area contributed by atoms with Gasteiger partial charge in [-0.15, -0.1) is 12.4 Å². The second kappa shape index (κ2) is 6.02. The number of piperazine rings is 1. The topological polar surface area (TPSA) is 62.5 Å². The largest absolute Gasteiger partial charge is 0.366 e. The van der Waals surface area contributed by atoms with Crippen molar-refractivity contribution in [2.45, 2.75) is 6.92 Å². The Bertz CT molecular complexity index is 430. The number of primary amides is 1. The van der Waals surface area contributed by atoms with Crippen molar-refractivity contribution in [3.05, 3.63) is 23.4 Å². The fourth-order valence-electron chi connectivity index (χ4n) is 2.02. The predicted molar refractivity (Wildman–Crippen MR) is 74.4 cm³/mol. The molecule has 6 heteroatoms. The number of pyridine rings is 1. The first-order valence-electron chi connectivity index (χ1n) is 5.79. The van der Waals surface area contributed by atoms with Crippen molar-refractivity contribution in [2.24, 2.45) is 5.73 Å². The lowest BCUT2D eigenvalue weighted by Gasteiger charge is -2.33. The molecule has 0 aromatic carbocycles. The summed E-state index contributed by atoms with van der Waals surface area (Å²) in [6, 6.07) is 3.64. The molecular weight excluding hydrogens is 252 g/mol. The van der Waals surface area contributed by atoms with Crippen molar-refractivity contribution in [3.8, 4) is 0 Å². The van der Waals surface area contributed by atoms with Gasteiger partial charge in [-0.3, -0.25) is 4.79 Å². The lowest BCUT2D eigenvalue weighted by Crippen LogP contribution is -2.44. The maximum absolute atomic E-state index is 11.1. The lowest BCUT2D eigenvalue weighted by atomic mass is 10.2. The Morgan fingerprint density at radius 3 is 2.39 bits per heavy atom. The number of carbonyl (C=O) groups is 1. The maximum atomic E-state index is 11.1. The number of amides is 1. The van der Waals surface area contributed by atoms with Gasteiger partial charge in [0.15, 0.2) is 0 Å². The minimum Gasteiger partial charge on any atom is -0.366 e. The highest BCUT2D eigenvalue weighted by molar-refractivity contribution is 5.94. The number of nitrogens with zero attached hydrogens (tertiary/aromatic N) is 3. The number of aromatic nitrogens is 1. The van der Waals surface area contributed by atoms with Gasteiger partial charge in [0.25, 0.3) is 5.91 Å². The lowest BCUT2D eigenvalue weighted by molar-refractivity contribution is 0.0999. The van der Waals surface area contributed by atoms with E-state index in [-0.39, 0.29) is 12.4 Å². The number of carbonyl (C=O) groups excluding carboxylic acids is 1. The van der Waals surface area contributed by atoms with Crippen LogP contribution in [0, 0.1) is 6.92 Å². The zero-order valence-corrected chi connectivity index (χ0v) is 11.5. The van der Waals surface area contributed by atoms with Crippen LogP contribution in [-0.2, 0) is 0 Å². The first-order valence-corrected chi connectivity index (χ1v) is 5.79. The number of anilines is 1. The van der Waals surface area contributed by atoms with Crippen LogP contribution in [0.4, 0.5) is 5.82 Å². The molecule has 1 aliphatic heterocycles. The van der Waals surface area contributed by atoms with Crippen molar-refractivity contribution in [1.82, 2.24) is 9.88 Å². The first kappa shape index (κ1) is 14.7. The highest BCUT2D eigenvalue weighted by Gasteiger charge is 2.16. The summed E-state index contributed by atoms with van der Waals surface area (Å²) in [5.41, 5.74) is 6.47. The van der Waals surface area contributed by atoms with Crippen molar-refractivity contribution in [3.63, 3.8) is 0 Å². The van der Waals surface area contributed by atoms with Gasteiger partial charge in [0.1, 0.15) is 5.82 Å². The molecule has 18 heavy (non-hydrogen) atoms. The molecule has 0 atom stereocenters. The van der Waals surface area contributed by atoms with Crippen molar-refractivity contribution >= 4 is 24.1 Å². The predicted octanol–water partition coefficient (Wildman–Crippen LogP) is 0.663. The highest BCUT2D eigenvalue weighted by atomic mass is 35.5. The standard InChI is InChI=1S/C12H18N4O.ClH/c1-9-10(12(13)17)3-4-11(14-9)16-7-5-15(2)6-8-16;/h3-4H,5-8H2,1-2H3,(H2,13,17);1H. The van der Waals surface area contributed by atoms with E-state index in [1.54, 1.807) is 6.07 Å². The Morgan fingerprint density at radius 1 is 1.28 bits per heavy atom. The van der Waals surface area contributed by atoms with Crippen LogP contribution in [0.25, 0.3) is 0 Å².